The van der Waals surface area contributed by atoms with E-state index in [2.05, 4.69) is 0 Å². The molecular weight excluding hydrogens is 252 g/mol. The van der Waals surface area contributed by atoms with Crippen molar-refractivity contribution in [2.24, 2.45) is 0 Å². The van der Waals surface area contributed by atoms with Gasteiger partial charge in [-0.2, -0.15) is 0 Å². The number of aromatic hydroxyl groups is 1. The highest BCUT2D eigenvalue weighted by molar-refractivity contribution is 6.07. The SMILES string of the molecule is CN(C(=O)c1ccc(F)cc1O)c1cccc(F)c1. The number of phenols is 1. The lowest BCUT2D eigenvalue weighted by molar-refractivity contribution is 0.0990. The predicted molar refractivity (Wildman–Crippen MR) is 67.2 cm³/mol. The number of anilines is 1. The normalized spacial score (nSPS) is 10.3. The Kier molecular flexibility index (Phi) is 3.46. The Morgan fingerprint density at radius 1 is 1.11 bits per heavy atom. The molecule has 0 aliphatic rings. The van der Waals surface area contributed by atoms with Crippen LogP contribution in [0.2, 0.25) is 0 Å². The number of benzene rings is 2. The number of phenolic OH excluding ortho intramolecular Hbond substituents is 1. The van der Waals surface area contributed by atoms with Crippen molar-refractivity contribution in [3.8, 4) is 5.75 Å². The lowest BCUT2D eigenvalue weighted by atomic mass is 10.1. The number of nitrogens with zero attached hydrogens (tertiary/aromatic N) is 1. The molecule has 98 valence electrons. The van der Waals surface area contributed by atoms with Gasteiger partial charge < -0.3 is 10.0 Å². The summed E-state index contributed by atoms with van der Waals surface area (Å²) in [6, 6.07) is 8.60. The topological polar surface area (TPSA) is 40.5 Å². The molecule has 1 amide bonds. The molecule has 0 spiro atoms. The van der Waals surface area contributed by atoms with Crippen molar-refractivity contribution < 1.29 is 18.7 Å². The van der Waals surface area contributed by atoms with E-state index in [9.17, 15) is 18.7 Å². The zero-order chi connectivity index (χ0) is 14.0. The molecule has 0 aliphatic carbocycles. The molecule has 0 radical (unpaired) electrons. The highest BCUT2D eigenvalue weighted by atomic mass is 19.1. The van der Waals surface area contributed by atoms with Crippen molar-refractivity contribution in [3.63, 3.8) is 0 Å². The third-order valence-corrected chi connectivity index (χ3v) is 2.69. The molecule has 0 bridgehead atoms. The third-order valence-electron chi connectivity index (χ3n) is 2.69. The summed E-state index contributed by atoms with van der Waals surface area (Å²) >= 11 is 0. The largest absolute Gasteiger partial charge is 0.507 e. The quantitative estimate of drug-likeness (QED) is 0.905. The molecule has 2 aromatic rings. The van der Waals surface area contributed by atoms with Crippen LogP contribution in [-0.4, -0.2) is 18.1 Å². The van der Waals surface area contributed by atoms with E-state index in [1.165, 1.54) is 36.2 Å². The Morgan fingerprint density at radius 3 is 2.42 bits per heavy atom. The summed E-state index contributed by atoms with van der Waals surface area (Å²) in [6.45, 7) is 0. The van der Waals surface area contributed by atoms with Gasteiger partial charge in [-0.3, -0.25) is 4.79 Å². The maximum atomic E-state index is 13.1. The van der Waals surface area contributed by atoms with Gasteiger partial charge in [-0.25, -0.2) is 8.78 Å². The molecule has 0 atom stereocenters. The second kappa shape index (κ2) is 5.06. The van der Waals surface area contributed by atoms with Crippen molar-refractivity contribution in [3.05, 3.63) is 59.7 Å². The van der Waals surface area contributed by atoms with E-state index in [4.69, 9.17) is 0 Å². The lowest BCUT2D eigenvalue weighted by Gasteiger charge is -2.18. The first-order chi connectivity index (χ1) is 8.99. The number of rotatable bonds is 2. The van der Waals surface area contributed by atoms with Crippen LogP contribution in [0.15, 0.2) is 42.5 Å². The molecule has 0 aliphatic heterocycles. The number of hydrogen-bond donors (Lipinski definition) is 1. The van der Waals surface area contributed by atoms with Crippen molar-refractivity contribution in [2.45, 2.75) is 0 Å². The van der Waals surface area contributed by atoms with Gasteiger partial charge in [0.2, 0.25) is 0 Å². The zero-order valence-electron chi connectivity index (χ0n) is 10.1. The second-order valence-electron chi connectivity index (χ2n) is 4.01. The van der Waals surface area contributed by atoms with Gasteiger partial charge in [-0.05, 0) is 30.3 Å². The van der Waals surface area contributed by atoms with E-state index in [1.807, 2.05) is 0 Å². The van der Waals surface area contributed by atoms with Crippen molar-refractivity contribution in [1.29, 1.82) is 0 Å². The Hall–Kier alpha value is -2.43. The first-order valence-electron chi connectivity index (χ1n) is 5.51. The minimum atomic E-state index is -0.637. The van der Waals surface area contributed by atoms with Crippen molar-refractivity contribution in [2.75, 3.05) is 11.9 Å². The van der Waals surface area contributed by atoms with Gasteiger partial charge in [0.15, 0.2) is 0 Å². The van der Waals surface area contributed by atoms with Crippen LogP contribution in [-0.2, 0) is 0 Å². The minimum Gasteiger partial charge on any atom is -0.507 e. The smallest absolute Gasteiger partial charge is 0.261 e. The number of halogens is 2. The molecule has 0 saturated heterocycles. The van der Waals surface area contributed by atoms with E-state index in [0.29, 0.717) is 5.69 Å². The Morgan fingerprint density at radius 2 is 1.79 bits per heavy atom. The monoisotopic (exact) mass is 263 g/mol. The van der Waals surface area contributed by atoms with E-state index >= 15 is 0 Å². The Labute approximate surface area is 108 Å². The highest BCUT2D eigenvalue weighted by Gasteiger charge is 2.17. The van der Waals surface area contributed by atoms with Gasteiger partial charge in [0.25, 0.3) is 5.91 Å². The van der Waals surface area contributed by atoms with E-state index < -0.39 is 23.3 Å². The standard InChI is InChI=1S/C14H11F2NO2/c1-17(11-4-2-3-9(15)7-11)14(19)12-6-5-10(16)8-13(12)18/h2-8,18H,1H3. The van der Waals surface area contributed by atoms with Crippen LogP contribution in [0.3, 0.4) is 0 Å². The number of amides is 1. The maximum Gasteiger partial charge on any atom is 0.261 e. The van der Waals surface area contributed by atoms with Gasteiger partial charge >= 0.3 is 0 Å². The van der Waals surface area contributed by atoms with Crippen LogP contribution in [0.25, 0.3) is 0 Å². The van der Waals surface area contributed by atoms with Crippen LogP contribution in [0, 0.1) is 11.6 Å². The molecule has 2 aromatic carbocycles. The van der Waals surface area contributed by atoms with Crippen LogP contribution in [0.5, 0.6) is 5.75 Å². The molecule has 5 heteroatoms. The average molecular weight is 263 g/mol. The molecule has 19 heavy (non-hydrogen) atoms. The minimum absolute atomic E-state index is 0.0480. The Balaban J connectivity index is 2.33. The fourth-order valence-corrected chi connectivity index (χ4v) is 1.67. The summed E-state index contributed by atoms with van der Waals surface area (Å²) < 4.78 is 25.9. The molecule has 2 rings (SSSR count). The molecule has 0 saturated carbocycles. The van der Waals surface area contributed by atoms with Crippen LogP contribution >= 0.6 is 0 Å². The molecule has 0 unspecified atom stereocenters. The van der Waals surface area contributed by atoms with Gasteiger partial charge in [0, 0.05) is 18.8 Å². The zero-order valence-corrected chi connectivity index (χ0v) is 10.1. The maximum absolute atomic E-state index is 13.1. The molecular formula is C14H11F2NO2. The number of carbonyl (C=O) groups is 1. The first-order valence-corrected chi connectivity index (χ1v) is 5.51. The molecule has 0 fully saturated rings. The van der Waals surface area contributed by atoms with Crippen LogP contribution in [0.4, 0.5) is 14.5 Å². The van der Waals surface area contributed by atoms with Gasteiger partial charge in [-0.15, -0.1) is 0 Å². The van der Waals surface area contributed by atoms with Gasteiger partial charge in [0.05, 0.1) is 5.56 Å². The van der Waals surface area contributed by atoms with E-state index in [0.717, 1.165) is 12.1 Å². The summed E-state index contributed by atoms with van der Waals surface area (Å²) in [5.41, 5.74) is 0.293. The van der Waals surface area contributed by atoms with E-state index in [1.54, 1.807) is 6.07 Å². The molecule has 1 N–H and O–H groups in total. The summed E-state index contributed by atoms with van der Waals surface area (Å²) in [7, 11) is 1.44. The first kappa shape index (κ1) is 13.0. The third kappa shape index (κ3) is 2.70. The highest BCUT2D eigenvalue weighted by Crippen LogP contribution is 2.22. The van der Waals surface area contributed by atoms with Gasteiger partial charge in [-0.1, -0.05) is 6.07 Å². The molecule has 0 heterocycles. The lowest BCUT2D eigenvalue weighted by Crippen LogP contribution is -2.26. The Bertz CT molecular complexity index is 629. The summed E-state index contributed by atoms with van der Waals surface area (Å²) in [6.07, 6.45) is 0. The van der Waals surface area contributed by atoms with Crippen molar-refractivity contribution >= 4 is 11.6 Å². The van der Waals surface area contributed by atoms with Crippen LogP contribution < -0.4 is 4.90 Å². The second-order valence-corrected chi connectivity index (χ2v) is 4.01. The number of hydrogen-bond acceptors (Lipinski definition) is 2. The van der Waals surface area contributed by atoms with Crippen molar-refractivity contribution in [1.82, 2.24) is 0 Å². The number of carbonyl (C=O) groups excluding carboxylic acids is 1. The summed E-state index contributed by atoms with van der Waals surface area (Å²) in [5.74, 6) is -2.11. The van der Waals surface area contributed by atoms with Crippen LogP contribution in [0.1, 0.15) is 10.4 Å². The average Bonchev–Trinajstić information content (AvgIpc) is 2.37. The molecule has 0 aromatic heterocycles. The predicted octanol–water partition coefficient (Wildman–Crippen LogP) is 2.95. The fraction of sp³-hybridized carbons (Fsp3) is 0.0714. The molecule has 3 nitrogen and oxygen atoms in total. The van der Waals surface area contributed by atoms with Gasteiger partial charge in [0.1, 0.15) is 17.4 Å². The summed E-state index contributed by atoms with van der Waals surface area (Å²) in [4.78, 5) is 13.3. The fourth-order valence-electron chi connectivity index (χ4n) is 1.67. The van der Waals surface area contributed by atoms with E-state index in [-0.39, 0.29) is 5.56 Å². The summed E-state index contributed by atoms with van der Waals surface area (Å²) in [5, 5.41) is 9.55.